The van der Waals surface area contributed by atoms with E-state index in [9.17, 15) is 14.7 Å². The van der Waals surface area contributed by atoms with Gasteiger partial charge < -0.3 is 10.0 Å². The van der Waals surface area contributed by atoms with Gasteiger partial charge in [0.1, 0.15) is 6.04 Å². The smallest absolute Gasteiger partial charge is 0.327 e. The van der Waals surface area contributed by atoms with E-state index >= 15 is 0 Å². The lowest BCUT2D eigenvalue weighted by molar-refractivity contribution is -0.149. The third kappa shape index (κ3) is 11.1. The summed E-state index contributed by atoms with van der Waals surface area (Å²) in [7, 11) is 0. The number of thioether (sulfide) groups is 1. The minimum atomic E-state index is -0.847. The van der Waals surface area contributed by atoms with Crippen LogP contribution < -0.4 is 0 Å². The van der Waals surface area contributed by atoms with E-state index < -0.39 is 12.0 Å². The molecule has 0 radical (unpaired) electrons. The highest BCUT2D eigenvalue weighted by atomic mass is 32.2. The Morgan fingerprint density at radius 3 is 1.77 bits per heavy atom. The van der Waals surface area contributed by atoms with E-state index in [0.717, 1.165) is 18.6 Å². The number of hydrogen-bond donors (Lipinski definition) is 1. The summed E-state index contributed by atoms with van der Waals surface area (Å²) in [5, 5.41) is 9.65. The molecule has 4 nitrogen and oxygen atoms in total. The summed E-state index contributed by atoms with van der Waals surface area (Å²) in [6, 6.07) is -0.642. The van der Waals surface area contributed by atoms with Crippen LogP contribution in [0.15, 0.2) is 0 Å². The number of rotatable bonds is 18. The molecule has 176 valence electrons. The van der Waals surface area contributed by atoms with Crippen molar-refractivity contribution in [3.63, 3.8) is 0 Å². The predicted molar refractivity (Wildman–Crippen MR) is 129 cm³/mol. The number of amides is 1. The maximum absolute atomic E-state index is 12.3. The molecule has 0 aliphatic carbocycles. The van der Waals surface area contributed by atoms with Crippen LogP contribution in [0.3, 0.4) is 0 Å². The third-order valence-electron chi connectivity index (χ3n) is 6.20. The van der Waals surface area contributed by atoms with Gasteiger partial charge in [0, 0.05) is 17.7 Å². The Hall–Kier alpha value is -0.710. The van der Waals surface area contributed by atoms with Gasteiger partial charge in [-0.25, -0.2) is 4.79 Å². The van der Waals surface area contributed by atoms with E-state index in [1.165, 1.54) is 83.5 Å². The average molecular weight is 442 g/mol. The van der Waals surface area contributed by atoms with Gasteiger partial charge in [-0.2, -0.15) is 11.8 Å². The maximum Gasteiger partial charge on any atom is 0.327 e. The summed E-state index contributed by atoms with van der Waals surface area (Å²) in [5.74, 6) is -0.000683. The van der Waals surface area contributed by atoms with Crippen LogP contribution in [0.2, 0.25) is 0 Å². The lowest BCUT2D eigenvalue weighted by atomic mass is 10.0. The Labute approximate surface area is 189 Å². The first-order valence-corrected chi connectivity index (χ1v) is 13.7. The lowest BCUT2D eigenvalue weighted by Crippen LogP contribution is -2.45. The van der Waals surface area contributed by atoms with Crippen LogP contribution in [-0.2, 0) is 9.59 Å². The van der Waals surface area contributed by atoms with Crippen molar-refractivity contribution in [2.45, 2.75) is 128 Å². The van der Waals surface area contributed by atoms with Gasteiger partial charge in [-0.05, 0) is 18.6 Å². The molecule has 1 amide bonds. The van der Waals surface area contributed by atoms with Crippen molar-refractivity contribution < 1.29 is 14.7 Å². The Morgan fingerprint density at radius 1 is 0.867 bits per heavy atom. The number of carbonyl (C=O) groups is 2. The SMILES string of the molecule is CCCCCCCCCCCCCCCCSC1CCN(C(=O)C(C)C)[C@H]1C(=O)O. The van der Waals surface area contributed by atoms with Crippen LogP contribution >= 0.6 is 11.8 Å². The lowest BCUT2D eigenvalue weighted by Gasteiger charge is -2.26. The second-order valence-corrected chi connectivity index (χ2v) is 10.6. The molecule has 0 spiro atoms. The predicted octanol–water partition coefficient (Wildman–Crippen LogP) is 6.91. The van der Waals surface area contributed by atoms with Gasteiger partial charge in [-0.3, -0.25) is 4.79 Å². The van der Waals surface area contributed by atoms with Gasteiger partial charge in [-0.1, -0.05) is 104 Å². The van der Waals surface area contributed by atoms with E-state index in [1.807, 2.05) is 13.8 Å². The van der Waals surface area contributed by atoms with Crippen LogP contribution in [0.1, 0.15) is 117 Å². The molecule has 1 N–H and O–H groups in total. The summed E-state index contributed by atoms with van der Waals surface area (Å²) >= 11 is 1.76. The van der Waals surface area contributed by atoms with Gasteiger partial charge in [0.05, 0.1) is 0 Å². The third-order valence-corrected chi connectivity index (χ3v) is 7.65. The molecule has 0 aromatic heterocycles. The average Bonchev–Trinajstić information content (AvgIpc) is 3.14. The molecule has 0 saturated carbocycles. The molecular weight excluding hydrogens is 394 g/mol. The number of carboxylic acids is 1. The largest absolute Gasteiger partial charge is 0.480 e. The normalized spacial score (nSPS) is 19.0. The molecule has 0 aromatic carbocycles. The van der Waals surface area contributed by atoms with Crippen molar-refractivity contribution in [1.29, 1.82) is 0 Å². The second kappa shape index (κ2) is 16.9. The molecule has 1 heterocycles. The highest BCUT2D eigenvalue weighted by Crippen LogP contribution is 2.31. The highest BCUT2D eigenvalue weighted by Gasteiger charge is 2.42. The van der Waals surface area contributed by atoms with Gasteiger partial charge in [0.25, 0.3) is 0 Å². The number of unbranched alkanes of at least 4 members (excludes halogenated alkanes) is 13. The summed E-state index contributed by atoms with van der Waals surface area (Å²) in [6.07, 6.45) is 19.8. The van der Waals surface area contributed by atoms with Crippen molar-refractivity contribution in [1.82, 2.24) is 4.90 Å². The molecule has 0 aromatic rings. The van der Waals surface area contributed by atoms with Gasteiger partial charge in [0.15, 0.2) is 0 Å². The fourth-order valence-electron chi connectivity index (χ4n) is 4.34. The minimum Gasteiger partial charge on any atom is -0.480 e. The fraction of sp³-hybridized carbons (Fsp3) is 0.920. The number of nitrogens with zero attached hydrogens (tertiary/aromatic N) is 1. The number of carboxylic acid groups (broad SMARTS) is 1. The summed E-state index contributed by atoms with van der Waals surface area (Å²) in [6.45, 7) is 6.55. The molecule has 1 rings (SSSR count). The molecule has 1 saturated heterocycles. The second-order valence-electron chi connectivity index (χ2n) is 9.26. The zero-order valence-electron chi connectivity index (χ0n) is 19.9. The fourth-order valence-corrected chi connectivity index (χ4v) is 5.73. The molecule has 30 heavy (non-hydrogen) atoms. The van der Waals surface area contributed by atoms with Gasteiger partial charge >= 0.3 is 5.97 Å². The summed E-state index contributed by atoms with van der Waals surface area (Å²) in [5.41, 5.74) is 0. The van der Waals surface area contributed by atoms with Crippen LogP contribution in [0.5, 0.6) is 0 Å². The van der Waals surface area contributed by atoms with Crippen molar-refractivity contribution >= 4 is 23.6 Å². The molecule has 0 bridgehead atoms. The van der Waals surface area contributed by atoms with Crippen molar-refractivity contribution in [3.05, 3.63) is 0 Å². The van der Waals surface area contributed by atoms with E-state index in [1.54, 1.807) is 16.7 Å². The summed E-state index contributed by atoms with van der Waals surface area (Å²) in [4.78, 5) is 25.6. The van der Waals surface area contributed by atoms with Crippen LogP contribution in [0, 0.1) is 5.92 Å². The quantitative estimate of drug-likeness (QED) is 0.235. The van der Waals surface area contributed by atoms with Crippen LogP contribution in [-0.4, -0.2) is 45.5 Å². The summed E-state index contributed by atoms with van der Waals surface area (Å²) < 4.78 is 0. The van der Waals surface area contributed by atoms with Gasteiger partial charge in [0.2, 0.25) is 5.91 Å². The van der Waals surface area contributed by atoms with Crippen LogP contribution in [0.4, 0.5) is 0 Å². The molecule has 2 atom stereocenters. The number of carbonyl (C=O) groups excluding carboxylic acids is 1. The monoisotopic (exact) mass is 441 g/mol. The molecule has 1 aliphatic heterocycles. The number of likely N-dealkylation sites (tertiary alicyclic amines) is 1. The Kier molecular flexibility index (Phi) is 15.4. The number of aliphatic carboxylic acids is 1. The van der Waals surface area contributed by atoms with E-state index in [0.29, 0.717) is 6.54 Å². The Balaban J connectivity index is 2.00. The maximum atomic E-state index is 12.3. The van der Waals surface area contributed by atoms with E-state index in [4.69, 9.17) is 0 Å². The zero-order chi connectivity index (χ0) is 22.2. The highest BCUT2D eigenvalue weighted by molar-refractivity contribution is 8.00. The van der Waals surface area contributed by atoms with Crippen molar-refractivity contribution in [2.75, 3.05) is 12.3 Å². The minimum absolute atomic E-state index is 0.0259. The molecule has 5 heteroatoms. The Morgan fingerprint density at radius 2 is 1.33 bits per heavy atom. The first-order chi connectivity index (χ1) is 14.5. The molecule has 1 unspecified atom stereocenters. The Bertz CT molecular complexity index is 469. The van der Waals surface area contributed by atoms with E-state index in [2.05, 4.69) is 6.92 Å². The number of hydrogen-bond acceptors (Lipinski definition) is 3. The van der Waals surface area contributed by atoms with Crippen molar-refractivity contribution in [2.24, 2.45) is 5.92 Å². The van der Waals surface area contributed by atoms with Gasteiger partial charge in [-0.15, -0.1) is 0 Å². The topological polar surface area (TPSA) is 57.6 Å². The molecule has 1 fully saturated rings. The first-order valence-electron chi connectivity index (χ1n) is 12.6. The molecule has 1 aliphatic rings. The van der Waals surface area contributed by atoms with Crippen LogP contribution in [0.25, 0.3) is 0 Å². The standard InChI is InChI=1S/C25H47NO3S/c1-4-5-6-7-8-9-10-11-12-13-14-15-16-17-20-30-22-18-19-26(23(22)25(28)29)24(27)21(2)3/h21-23H,4-20H2,1-3H3,(H,28,29)/t22?,23-/m1/s1. The van der Waals surface area contributed by atoms with Crippen molar-refractivity contribution in [3.8, 4) is 0 Å². The zero-order valence-corrected chi connectivity index (χ0v) is 20.7. The van der Waals surface area contributed by atoms with E-state index in [-0.39, 0.29) is 17.1 Å². The first kappa shape index (κ1) is 27.3. The molecular formula is C25H47NO3S.